The number of carboxylic acid groups (broad SMARTS) is 2. The van der Waals surface area contributed by atoms with Gasteiger partial charge in [0.1, 0.15) is 0 Å². The Morgan fingerprint density at radius 2 is 1.67 bits per heavy atom. The minimum Gasteiger partial charge on any atom is -1.00 e. The number of hydrogen-bond acceptors (Lipinski definition) is 2. The molecule has 1 aromatic carbocycles. The molecule has 0 saturated heterocycles. The van der Waals surface area contributed by atoms with Crippen LogP contribution in [0.15, 0.2) is 12.1 Å². The molecule has 1 aromatic rings. The van der Waals surface area contributed by atoms with E-state index < -0.39 is 11.9 Å². The Morgan fingerprint density at radius 1 is 1.13 bits per heavy atom. The topological polar surface area (TPSA) is 74.6 Å². The minimum absolute atomic E-state index is 0. The molecule has 5 heteroatoms. The zero-order chi connectivity index (χ0) is 10.9. The third kappa shape index (κ3) is 2.81. The van der Waals surface area contributed by atoms with Crippen molar-refractivity contribution in [3.63, 3.8) is 0 Å². The second-order valence-electron chi connectivity index (χ2n) is 3.04. The van der Waals surface area contributed by atoms with E-state index in [2.05, 4.69) is 0 Å². The van der Waals surface area contributed by atoms with Crippen molar-refractivity contribution in [2.75, 3.05) is 0 Å². The van der Waals surface area contributed by atoms with Crippen LogP contribution in [0.4, 0.5) is 0 Å². The molecule has 0 unspecified atom stereocenters. The van der Waals surface area contributed by atoms with E-state index in [1.54, 1.807) is 6.92 Å². The number of rotatable bonds is 2. The van der Waals surface area contributed by atoms with Gasteiger partial charge in [-0.15, -0.1) is 0 Å². The summed E-state index contributed by atoms with van der Waals surface area (Å²) in [6, 6.07) is 2.92. The minimum atomic E-state index is -1.11. The van der Waals surface area contributed by atoms with Crippen molar-refractivity contribution in [1.29, 1.82) is 0 Å². The van der Waals surface area contributed by atoms with Crippen LogP contribution < -0.4 is 29.6 Å². The van der Waals surface area contributed by atoms with Crippen molar-refractivity contribution in [3.05, 3.63) is 34.4 Å². The molecule has 4 nitrogen and oxygen atoms in total. The van der Waals surface area contributed by atoms with Gasteiger partial charge in [-0.2, -0.15) is 0 Å². The summed E-state index contributed by atoms with van der Waals surface area (Å²) < 4.78 is 0. The monoisotopic (exact) mass is 218 g/mol. The molecule has 0 radical (unpaired) electrons. The van der Waals surface area contributed by atoms with E-state index in [0.29, 0.717) is 11.1 Å². The first-order chi connectivity index (χ1) is 6.45. The molecule has 0 bridgehead atoms. The van der Waals surface area contributed by atoms with Gasteiger partial charge in [0, 0.05) is 0 Å². The zero-order valence-electron chi connectivity index (χ0n) is 9.87. The Bertz CT molecular complexity index is 418. The van der Waals surface area contributed by atoms with E-state index in [0.717, 1.165) is 0 Å². The first-order valence-electron chi connectivity index (χ1n) is 4.02. The van der Waals surface area contributed by atoms with Gasteiger partial charge in [0.2, 0.25) is 0 Å². The van der Waals surface area contributed by atoms with Gasteiger partial charge in [-0.3, -0.25) is 0 Å². The van der Waals surface area contributed by atoms with Crippen LogP contribution in [0, 0.1) is 13.8 Å². The Balaban J connectivity index is 0. The van der Waals surface area contributed by atoms with Crippen LogP contribution in [-0.2, 0) is 0 Å². The zero-order valence-corrected chi connectivity index (χ0v) is 10.9. The number of carboxylic acids is 2. The maximum atomic E-state index is 10.8. The van der Waals surface area contributed by atoms with E-state index in [1.165, 1.54) is 19.1 Å². The molecule has 0 heterocycles. The molecule has 2 N–H and O–H groups in total. The Labute approximate surface area is 111 Å². The second-order valence-corrected chi connectivity index (χ2v) is 3.04. The van der Waals surface area contributed by atoms with Crippen LogP contribution in [0.5, 0.6) is 0 Å². The fraction of sp³-hybridized carbons (Fsp3) is 0.200. The van der Waals surface area contributed by atoms with Crippen LogP contribution in [0.3, 0.4) is 0 Å². The van der Waals surface area contributed by atoms with Crippen molar-refractivity contribution in [1.82, 2.24) is 0 Å². The van der Waals surface area contributed by atoms with Crippen LogP contribution in [-0.4, -0.2) is 22.2 Å². The van der Waals surface area contributed by atoms with E-state index in [4.69, 9.17) is 10.2 Å². The van der Waals surface area contributed by atoms with Gasteiger partial charge >= 0.3 is 41.5 Å². The molecule has 0 fully saturated rings. The first kappa shape index (κ1) is 14.2. The fourth-order valence-corrected chi connectivity index (χ4v) is 1.41. The van der Waals surface area contributed by atoms with E-state index in [1.807, 2.05) is 0 Å². The molecule has 0 aliphatic rings. The summed E-state index contributed by atoms with van der Waals surface area (Å²) in [5.41, 5.74) is 0.975. The van der Waals surface area contributed by atoms with Crippen molar-refractivity contribution < 1.29 is 50.8 Å². The molecule has 0 aliphatic carbocycles. The molecule has 0 aliphatic heterocycles. The number of carbonyl (C=O) groups is 2. The first-order valence-corrected chi connectivity index (χ1v) is 4.02. The molecule has 15 heavy (non-hydrogen) atoms. The van der Waals surface area contributed by atoms with Crippen molar-refractivity contribution >= 4 is 11.9 Å². The normalized spacial score (nSPS) is 9.20. The van der Waals surface area contributed by atoms with Gasteiger partial charge < -0.3 is 11.6 Å². The molecular formula is C10H11NaO4. The Hall–Kier alpha value is -0.840. The number of aromatic carboxylic acids is 2. The quantitative estimate of drug-likeness (QED) is 0.612. The number of aryl methyl sites for hydroxylation is 1. The van der Waals surface area contributed by atoms with E-state index in [-0.39, 0.29) is 42.1 Å². The van der Waals surface area contributed by atoms with Gasteiger partial charge in [-0.25, -0.2) is 9.59 Å². The Kier molecular flexibility index (Phi) is 5.00. The van der Waals surface area contributed by atoms with Crippen LogP contribution in [0.2, 0.25) is 0 Å². The summed E-state index contributed by atoms with van der Waals surface area (Å²) in [7, 11) is 0. The van der Waals surface area contributed by atoms with Gasteiger partial charge in [0.15, 0.2) is 0 Å². The van der Waals surface area contributed by atoms with Crippen LogP contribution in [0.1, 0.15) is 33.3 Å². The standard InChI is InChI=1S/C10H10O4.Na.H/c1-5-3-4-7(9(11)12)6(2)8(5)10(13)14;;/h3-4H,1-2H3,(H,11,12)(H,13,14);;/q;+1;-1. The summed E-state index contributed by atoms with van der Waals surface area (Å²) in [6.07, 6.45) is 0. The van der Waals surface area contributed by atoms with Gasteiger partial charge in [-0.1, -0.05) is 6.07 Å². The third-order valence-electron chi connectivity index (χ3n) is 2.12. The van der Waals surface area contributed by atoms with E-state index >= 15 is 0 Å². The molecule has 0 saturated carbocycles. The maximum absolute atomic E-state index is 10.8. The van der Waals surface area contributed by atoms with Crippen LogP contribution in [0.25, 0.3) is 0 Å². The molecule has 1 rings (SSSR count). The van der Waals surface area contributed by atoms with Crippen molar-refractivity contribution in [2.24, 2.45) is 0 Å². The molecule has 0 atom stereocenters. The summed E-state index contributed by atoms with van der Waals surface area (Å²) in [6.45, 7) is 3.14. The second kappa shape index (κ2) is 5.30. The summed E-state index contributed by atoms with van der Waals surface area (Å²) in [4.78, 5) is 21.5. The van der Waals surface area contributed by atoms with Gasteiger partial charge in [0.05, 0.1) is 11.1 Å². The van der Waals surface area contributed by atoms with E-state index in [9.17, 15) is 9.59 Å². The largest absolute Gasteiger partial charge is 1.00 e. The number of benzene rings is 1. The maximum Gasteiger partial charge on any atom is 1.00 e. The fourth-order valence-electron chi connectivity index (χ4n) is 1.41. The van der Waals surface area contributed by atoms with Crippen molar-refractivity contribution in [3.8, 4) is 0 Å². The average Bonchev–Trinajstić information content (AvgIpc) is 2.02. The Morgan fingerprint density at radius 3 is 2.07 bits per heavy atom. The van der Waals surface area contributed by atoms with Crippen molar-refractivity contribution in [2.45, 2.75) is 13.8 Å². The SMILES string of the molecule is Cc1ccc(C(=O)O)c(C)c1C(=O)O.[H-].[Na+]. The predicted molar refractivity (Wildman–Crippen MR) is 50.9 cm³/mol. The molecule has 76 valence electrons. The predicted octanol–water partition coefficient (Wildman–Crippen LogP) is -1.18. The summed E-state index contributed by atoms with van der Waals surface area (Å²) in [5, 5.41) is 17.6. The molecular weight excluding hydrogens is 207 g/mol. The van der Waals surface area contributed by atoms with Crippen LogP contribution >= 0.6 is 0 Å². The summed E-state index contributed by atoms with van der Waals surface area (Å²) in [5.74, 6) is -2.20. The third-order valence-corrected chi connectivity index (χ3v) is 2.12. The number of hydrogen-bond donors (Lipinski definition) is 2. The molecule has 0 spiro atoms. The van der Waals surface area contributed by atoms with Gasteiger partial charge in [0.25, 0.3) is 0 Å². The summed E-state index contributed by atoms with van der Waals surface area (Å²) >= 11 is 0. The van der Waals surface area contributed by atoms with Gasteiger partial charge in [-0.05, 0) is 31.0 Å². The smallest absolute Gasteiger partial charge is 1.00 e. The molecule has 0 amide bonds. The average molecular weight is 218 g/mol. The molecule has 0 aromatic heterocycles.